The molecule has 2 rings (SSSR count). The van der Waals surface area contributed by atoms with Gasteiger partial charge < -0.3 is 20.9 Å². The number of hydrogen-bond donors (Lipinski definition) is 2. The fourth-order valence-corrected chi connectivity index (χ4v) is 3.53. The Morgan fingerprint density at radius 3 is 2.65 bits per heavy atom. The molecule has 0 spiro atoms. The molecule has 23 heavy (non-hydrogen) atoms. The van der Waals surface area contributed by atoms with Crippen LogP contribution in [0.25, 0.3) is 0 Å². The van der Waals surface area contributed by atoms with Crippen LogP contribution < -0.4 is 11.1 Å². The van der Waals surface area contributed by atoms with Gasteiger partial charge in [0, 0.05) is 39.1 Å². The number of halogens is 1. The number of likely N-dealkylation sites (tertiary alicyclic amines) is 2. The van der Waals surface area contributed by atoms with Crippen molar-refractivity contribution < 1.29 is 4.79 Å². The van der Waals surface area contributed by atoms with Gasteiger partial charge in [-0.1, -0.05) is 0 Å². The number of carbonyl (C=O) groups is 1. The Morgan fingerprint density at radius 1 is 1.26 bits per heavy atom. The SMILES string of the molecule is CCNC(=NCC1CCN(C)C1)N1CCCC(CC(N)=O)C1.I. The zero-order valence-electron chi connectivity index (χ0n) is 14.5. The number of aliphatic imine (C=N–C) groups is 1. The summed E-state index contributed by atoms with van der Waals surface area (Å²) < 4.78 is 0. The van der Waals surface area contributed by atoms with Gasteiger partial charge in [0.25, 0.3) is 0 Å². The lowest BCUT2D eigenvalue weighted by Crippen LogP contribution is -2.47. The zero-order chi connectivity index (χ0) is 15.9. The van der Waals surface area contributed by atoms with Crippen molar-refractivity contribution in [2.24, 2.45) is 22.6 Å². The summed E-state index contributed by atoms with van der Waals surface area (Å²) >= 11 is 0. The molecule has 0 saturated carbocycles. The quantitative estimate of drug-likeness (QED) is 0.384. The van der Waals surface area contributed by atoms with Crippen molar-refractivity contribution in [1.29, 1.82) is 0 Å². The number of amides is 1. The van der Waals surface area contributed by atoms with E-state index >= 15 is 0 Å². The molecule has 0 aromatic heterocycles. The normalized spacial score (nSPS) is 26.0. The van der Waals surface area contributed by atoms with E-state index in [9.17, 15) is 4.79 Å². The number of carbonyl (C=O) groups excluding carboxylic acids is 1. The maximum absolute atomic E-state index is 11.2. The van der Waals surface area contributed by atoms with E-state index in [-0.39, 0.29) is 29.9 Å². The molecule has 3 N–H and O–H groups in total. The van der Waals surface area contributed by atoms with Gasteiger partial charge in [0.2, 0.25) is 5.91 Å². The smallest absolute Gasteiger partial charge is 0.217 e. The maximum Gasteiger partial charge on any atom is 0.217 e. The van der Waals surface area contributed by atoms with Gasteiger partial charge in [-0.2, -0.15) is 0 Å². The van der Waals surface area contributed by atoms with Crippen molar-refractivity contribution in [3.8, 4) is 0 Å². The third-order valence-electron chi connectivity index (χ3n) is 4.63. The molecule has 2 unspecified atom stereocenters. The lowest BCUT2D eigenvalue weighted by atomic mass is 9.95. The molecular weight excluding hydrogens is 405 g/mol. The van der Waals surface area contributed by atoms with E-state index in [0.717, 1.165) is 51.5 Å². The van der Waals surface area contributed by atoms with E-state index in [0.29, 0.717) is 18.3 Å². The minimum atomic E-state index is -0.192. The van der Waals surface area contributed by atoms with E-state index in [4.69, 9.17) is 10.7 Å². The third-order valence-corrected chi connectivity index (χ3v) is 4.63. The number of guanidine groups is 1. The minimum absolute atomic E-state index is 0. The Bertz CT molecular complexity index is 404. The van der Waals surface area contributed by atoms with Crippen LogP contribution in [0, 0.1) is 11.8 Å². The summed E-state index contributed by atoms with van der Waals surface area (Å²) in [6, 6.07) is 0. The van der Waals surface area contributed by atoms with Crippen molar-refractivity contribution >= 4 is 35.8 Å². The summed E-state index contributed by atoms with van der Waals surface area (Å²) in [5, 5.41) is 3.41. The number of nitrogens with one attached hydrogen (secondary N) is 1. The van der Waals surface area contributed by atoms with Crippen molar-refractivity contribution in [1.82, 2.24) is 15.1 Å². The molecule has 6 nitrogen and oxygen atoms in total. The van der Waals surface area contributed by atoms with Gasteiger partial charge in [-0.25, -0.2) is 0 Å². The van der Waals surface area contributed by atoms with Crippen LogP contribution >= 0.6 is 24.0 Å². The van der Waals surface area contributed by atoms with Gasteiger partial charge >= 0.3 is 0 Å². The summed E-state index contributed by atoms with van der Waals surface area (Å²) in [6.45, 7) is 8.10. The van der Waals surface area contributed by atoms with Gasteiger partial charge in [-0.15, -0.1) is 24.0 Å². The number of nitrogens with two attached hydrogens (primary N) is 1. The van der Waals surface area contributed by atoms with Crippen LogP contribution in [0.15, 0.2) is 4.99 Å². The number of rotatable bonds is 5. The summed E-state index contributed by atoms with van der Waals surface area (Å²) in [5.41, 5.74) is 5.35. The van der Waals surface area contributed by atoms with Crippen LogP contribution in [-0.4, -0.2) is 68.0 Å². The Morgan fingerprint density at radius 2 is 2.04 bits per heavy atom. The molecule has 0 bridgehead atoms. The predicted octanol–water partition coefficient (Wildman–Crippen LogP) is 1.11. The van der Waals surface area contributed by atoms with Crippen molar-refractivity contribution in [2.75, 3.05) is 46.3 Å². The molecule has 2 fully saturated rings. The molecule has 2 heterocycles. The molecule has 0 radical (unpaired) electrons. The molecule has 134 valence electrons. The highest BCUT2D eigenvalue weighted by molar-refractivity contribution is 14.0. The number of hydrogen-bond acceptors (Lipinski definition) is 3. The first-order chi connectivity index (χ1) is 10.6. The Kier molecular flexibility index (Phi) is 9.19. The standard InChI is InChI=1S/C16H31N5O.HI/c1-3-18-16(19-10-14-6-8-20(2)11-14)21-7-4-5-13(12-21)9-15(17)22;/h13-14H,3-12H2,1-2H3,(H2,17,22)(H,18,19);1H. The van der Waals surface area contributed by atoms with Crippen molar-refractivity contribution in [3.63, 3.8) is 0 Å². The van der Waals surface area contributed by atoms with Gasteiger partial charge in [0.05, 0.1) is 0 Å². The van der Waals surface area contributed by atoms with Crippen molar-refractivity contribution in [3.05, 3.63) is 0 Å². The lowest BCUT2D eigenvalue weighted by molar-refractivity contribution is -0.119. The van der Waals surface area contributed by atoms with Gasteiger partial charge in [-0.3, -0.25) is 9.79 Å². The fraction of sp³-hybridized carbons (Fsp3) is 0.875. The molecule has 0 aromatic rings. The number of nitrogens with zero attached hydrogens (tertiary/aromatic N) is 3. The first-order valence-corrected chi connectivity index (χ1v) is 8.58. The van der Waals surface area contributed by atoms with Crippen LogP contribution in [0.2, 0.25) is 0 Å². The largest absolute Gasteiger partial charge is 0.370 e. The fourth-order valence-electron chi connectivity index (χ4n) is 3.53. The second-order valence-electron chi connectivity index (χ2n) is 6.74. The summed E-state index contributed by atoms with van der Waals surface area (Å²) in [7, 11) is 2.17. The highest BCUT2D eigenvalue weighted by Crippen LogP contribution is 2.20. The molecule has 1 amide bonds. The zero-order valence-corrected chi connectivity index (χ0v) is 16.8. The van der Waals surface area contributed by atoms with Gasteiger partial charge in [0.1, 0.15) is 0 Å². The van der Waals surface area contributed by atoms with Gasteiger partial charge in [0.15, 0.2) is 5.96 Å². The predicted molar refractivity (Wildman–Crippen MR) is 105 cm³/mol. The van der Waals surface area contributed by atoms with E-state index in [1.165, 1.54) is 13.0 Å². The average Bonchev–Trinajstić information content (AvgIpc) is 2.88. The van der Waals surface area contributed by atoms with E-state index < -0.39 is 0 Å². The van der Waals surface area contributed by atoms with E-state index in [1.54, 1.807) is 0 Å². The summed E-state index contributed by atoms with van der Waals surface area (Å²) in [5.74, 6) is 1.85. The summed E-state index contributed by atoms with van der Waals surface area (Å²) in [6.07, 6.45) is 3.92. The molecular formula is C16H32IN5O. The molecule has 0 aliphatic carbocycles. The monoisotopic (exact) mass is 437 g/mol. The Balaban J connectivity index is 0.00000264. The van der Waals surface area contributed by atoms with Crippen LogP contribution in [0.5, 0.6) is 0 Å². The van der Waals surface area contributed by atoms with E-state index in [2.05, 4.69) is 29.1 Å². The average molecular weight is 437 g/mol. The highest BCUT2D eigenvalue weighted by atomic mass is 127. The highest BCUT2D eigenvalue weighted by Gasteiger charge is 2.24. The first-order valence-electron chi connectivity index (χ1n) is 8.58. The van der Waals surface area contributed by atoms with Crippen LogP contribution in [0.4, 0.5) is 0 Å². The lowest BCUT2D eigenvalue weighted by Gasteiger charge is -2.34. The van der Waals surface area contributed by atoms with Crippen LogP contribution in [0.1, 0.15) is 32.6 Å². The van der Waals surface area contributed by atoms with Crippen LogP contribution in [-0.2, 0) is 4.79 Å². The second-order valence-corrected chi connectivity index (χ2v) is 6.74. The van der Waals surface area contributed by atoms with Gasteiger partial charge in [-0.05, 0) is 51.6 Å². The molecule has 2 saturated heterocycles. The van der Waals surface area contributed by atoms with Crippen LogP contribution in [0.3, 0.4) is 0 Å². The number of piperidine rings is 1. The third kappa shape index (κ3) is 6.82. The van der Waals surface area contributed by atoms with E-state index in [1.807, 2.05) is 0 Å². The topological polar surface area (TPSA) is 74.0 Å². The molecule has 0 aromatic carbocycles. The molecule has 2 aliphatic rings. The minimum Gasteiger partial charge on any atom is -0.370 e. The number of primary amides is 1. The second kappa shape index (κ2) is 10.3. The molecule has 2 atom stereocenters. The maximum atomic E-state index is 11.2. The van der Waals surface area contributed by atoms with Crippen molar-refractivity contribution in [2.45, 2.75) is 32.6 Å². The molecule has 7 heteroatoms. The Hall–Kier alpha value is -0.570. The molecule has 2 aliphatic heterocycles. The first kappa shape index (κ1) is 20.5. The Labute approximate surface area is 157 Å². The summed E-state index contributed by atoms with van der Waals surface area (Å²) in [4.78, 5) is 20.7.